The lowest BCUT2D eigenvalue weighted by Crippen LogP contribution is -2.14. The van der Waals surface area contributed by atoms with E-state index in [2.05, 4.69) is 140 Å². The summed E-state index contributed by atoms with van der Waals surface area (Å²) < 4.78 is 0. The SMILES string of the molecule is [C-]#[N+]c1ccc2c(c1)-c1cc(-c3ccc(-c4nc(-c5ccccc5)nc(-c5ccc(-c6ccc(-c7ccccc7)cc6)cc5)n4)cc3)ccc1C2(C)C. The number of benzene rings is 7. The molecule has 0 saturated carbocycles. The van der Waals surface area contributed by atoms with Crippen molar-refractivity contribution in [3.05, 3.63) is 192 Å². The van der Waals surface area contributed by atoms with Crippen LogP contribution in [0.2, 0.25) is 0 Å². The summed E-state index contributed by atoms with van der Waals surface area (Å²) in [4.78, 5) is 18.6. The first-order chi connectivity index (χ1) is 25.9. The summed E-state index contributed by atoms with van der Waals surface area (Å²) in [6, 6.07) is 58.9. The second kappa shape index (κ2) is 13.0. The maximum Gasteiger partial charge on any atom is 0.187 e. The summed E-state index contributed by atoms with van der Waals surface area (Å²) >= 11 is 0. The third kappa shape index (κ3) is 5.89. The van der Waals surface area contributed by atoms with Crippen LogP contribution in [0.4, 0.5) is 5.69 Å². The molecule has 0 atom stereocenters. The molecule has 0 unspecified atom stereocenters. The largest absolute Gasteiger partial charge is 0.238 e. The standard InChI is InChI=1S/C49H34N4/c1-49(2)44-28-26-40(30-42(44)43-31-41(50-3)27-29-45(43)49)36-20-24-39(25-21-36)48-52-46(37-12-8-5-9-13-37)51-47(53-48)38-22-18-35(19-23-38)34-16-14-33(15-17-34)32-10-6-4-7-11-32/h4-31H,1-2H3. The second-order valence-corrected chi connectivity index (χ2v) is 14.0. The highest BCUT2D eigenvalue weighted by Gasteiger charge is 2.35. The van der Waals surface area contributed by atoms with Gasteiger partial charge in [-0.1, -0.05) is 172 Å². The van der Waals surface area contributed by atoms with Gasteiger partial charge in [0.15, 0.2) is 23.2 Å². The quantitative estimate of drug-likeness (QED) is 0.164. The molecular formula is C49H34N4. The third-order valence-electron chi connectivity index (χ3n) is 10.4. The van der Waals surface area contributed by atoms with Crippen LogP contribution in [0.1, 0.15) is 25.0 Å². The van der Waals surface area contributed by atoms with Gasteiger partial charge >= 0.3 is 0 Å². The molecule has 1 aliphatic rings. The van der Waals surface area contributed by atoms with Crippen LogP contribution in [-0.4, -0.2) is 15.0 Å². The zero-order valence-electron chi connectivity index (χ0n) is 29.5. The molecule has 0 N–H and O–H groups in total. The van der Waals surface area contributed by atoms with E-state index in [-0.39, 0.29) is 5.41 Å². The molecule has 4 nitrogen and oxygen atoms in total. The van der Waals surface area contributed by atoms with Gasteiger partial charge in [0.25, 0.3) is 0 Å². The summed E-state index contributed by atoms with van der Waals surface area (Å²) in [5.74, 6) is 1.88. The van der Waals surface area contributed by atoms with E-state index in [9.17, 15) is 0 Å². The average molecular weight is 679 g/mol. The zero-order valence-corrected chi connectivity index (χ0v) is 29.5. The van der Waals surface area contributed by atoms with Gasteiger partial charge in [0.1, 0.15) is 0 Å². The Morgan fingerprint density at radius 3 is 1.19 bits per heavy atom. The van der Waals surface area contributed by atoms with E-state index in [1.54, 1.807) is 0 Å². The van der Waals surface area contributed by atoms with Gasteiger partial charge in [-0.25, -0.2) is 19.8 Å². The van der Waals surface area contributed by atoms with Crippen LogP contribution in [-0.2, 0) is 5.41 Å². The molecule has 0 spiro atoms. The normalized spacial score (nSPS) is 12.5. The predicted octanol–water partition coefficient (Wildman–Crippen LogP) is 12.7. The number of fused-ring (bicyclic) bond motifs is 3. The van der Waals surface area contributed by atoms with E-state index in [1.165, 1.54) is 27.8 Å². The van der Waals surface area contributed by atoms with Crippen molar-refractivity contribution in [2.45, 2.75) is 19.3 Å². The predicted molar refractivity (Wildman–Crippen MR) is 216 cm³/mol. The summed E-state index contributed by atoms with van der Waals surface area (Å²) in [5, 5.41) is 0. The molecule has 53 heavy (non-hydrogen) atoms. The fourth-order valence-electron chi connectivity index (χ4n) is 7.47. The Labute approximate surface area is 310 Å². The molecule has 1 heterocycles. The van der Waals surface area contributed by atoms with Gasteiger partial charge in [0.2, 0.25) is 0 Å². The number of aromatic nitrogens is 3. The number of hydrogen-bond acceptors (Lipinski definition) is 3. The molecule has 0 amide bonds. The summed E-state index contributed by atoms with van der Waals surface area (Å²) in [6.45, 7) is 12.1. The lowest BCUT2D eigenvalue weighted by atomic mass is 9.82. The van der Waals surface area contributed by atoms with Crippen molar-refractivity contribution in [1.82, 2.24) is 15.0 Å². The van der Waals surface area contributed by atoms with Crippen molar-refractivity contribution < 1.29 is 0 Å². The van der Waals surface area contributed by atoms with Crippen molar-refractivity contribution in [1.29, 1.82) is 0 Å². The van der Waals surface area contributed by atoms with Crippen molar-refractivity contribution in [3.8, 4) is 78.7 Å². The van der Waals surface area contributed by atoms with E-state index in [4.69, 9.17) is 21.5 Å². The molecule has 9 rings (SSSR count). The van der Waals surface area contributed by atoms with Gasteiger partial charge in [-0.05, 0) is 67.8 Å². The van der Waals surface area contributed by atoms with Crippen molar-refractivity contribution in [2.24, 2.45) is 0 Å². The molecule has 0 aliphatic heterocycles. The molecule has 8 aromatic rings. The van der Waals surface area contributed by atoms with Gasteiger partial charge < -0.3 is 0 Å². The Kier molecular flexibility index (Phi) is 7.83. The molecule has 7 aromatic carbocycles. The zero-order chi connectivity index (χ0) is 35.9. The van der Waals surface area contributed by atoms with Crippen LogP contribution >= 0.6 is 0 Å². The van der Waals surface area contributed by atoms with E-state index < -0.39 is 0 Å². The van der Waals surface area contributed by atoms with Crippen LogP contribution in [0.5, 0.6) is 0 Å². The van der Waals surface area contributed by atoms with Crippen LogP contribution in [0.3, 0.4) is 0 Å². The second-order valence-electron chi connectivity index (χ2n) is 14.0. The molecule has 0 radical (unpaired) electrons. The average Bonchev–Trinajstić information content (AvgIpc) is 3.46. The number of nitrogens with zero attached hydrogens (tertiary/aromatic N) is 4. The van der Waals surface area contributed by atoms with Gasteiger partial charge in [-0.3, -0.25) is 0 Å². The van der Waals surface area contributed by atoms with Gasteiger partial charge in [0.05, 0.1) is 6.57 Å². The Balaban J connectivity index is 1.04. The minimum Gasteiger partial charge on any atom is -0.238 e. The summed E-state index contributed by atoms with van der Waals surface area (Å²) in [6.07, 6.45) is 0. The molecule has 250 valence electrons. The van der Waals surface area contributed by atoms with E-state index in [1.807, 2.05) is 48.5 Å². The fraction of sp³-hybridized carbons (Fsp3) is 0.0612. The van der Waals surface area contributed by atoms with Crippen LogP contribution in [0, 0.1) is 6.57 Å². The number of rotatable bonds is 6. The van der Waals surface area contributed by atoms with Crippen molar-refractivity contribution in [3.63, 3.8) is 0 Å². The molecule has 4 heteroatoms. The molecular weight excluding hydrogens is 645 g/mol. The molecule has 1 aliphatic carbocycles. The van der Waals surface area contributed by atoms with E-state index >= 15 is 0 Å². The fourth-order valence-corrected chi connectivity index (χ4v) is 7.47. The molecule has 0 saturated heterocycles. The van der Waals surface area contributed by atoms with Crippen molar-refractivity contribution >= 4 is 5.69 Å². The first-order valence-electron chi connectivity index (χ1n) is 17.8. The number of hydrogen-bond donors (Lipinski definition) is 0. The first kappa shape index (κ1) is 32.0. The Bertz CT molecular complexity index is 2650. The first-order valence-corrected chi connectivity index (χ1v) is 17.8. The Morgan fingerprint density at radius 2 is 0.717 bits per heavy atom. The molecule has 0 bridgehead atoms. The van der Waals surface area contributed by atoms with Crippen LogP contribution in [0.25, 0.3) is 83.5 Å². The molecule has 1 aromatic heterocycles. The smallest absolute Gasteiger partial charge is 0.187 e. The van der Waals surface area contributed by atoms with Gasteiger partial charge in [-0.15, -0.1) is 0 Å². The maximum absolute atomic E-state index is 7.56. The highest BCUT2D eigenvalue weighted by Crippen LogP contribution is 2.50. The monoisotopic (exact) mass is 678 g/mol. The third-order valence-corrected chi connectivity index (χ3v) is 10.4. The lowest BCUT2D eigenvalue weighted by Gasteiger charge is -2.21. The van der Waals surface area contributed by atoms with Gasteiger partial charge in [-0.2, -0.15) is 0 Å². The Morgan fingerprint density at radius 1 is 0.377 bits per heavy atom. The Hall–Kier alpha value is -6.96. The topological polar surface area (TPSA) is 43.0 Å². The summed E-state index contributed by atoms with van der Waals surface area (Å²) in [7, 11) is 0. The summed E-state index contributed by atoms with van der Waals surface area (Å²) in [5.41, 5.74) is 15.1. The van der Waals surface area contributed by atoms with Crippen LogP contribution in [0.15, 0.2) is 170 Å². The highest BCUT2D eigenvalue weighted by atomic mass is 15.0. The van der Waals surface area contributed by atoms with Crippen molar-refractivity contribution in [2.75, 3.05) is 0 Å². The van der Waals surface area contributed by atoms with Crippen LogP contribution < -0.4 is 0 Å². The van der Waals surface area contributed by atoms with E-state index in [0.29, 0.717) is 23.2 Å². The molecule has 0 fully saturated rings. The lowest BCUT2D eigenvalue weighted by molar-refractivity contribution is 0.660. The maximum atomic E-state index is 7.56. The minimum absolute atomic E-state index is 0.116. The van der Waals surface area contributed by atoms with Gasteiger partial charge in [0, 0.05) is 22.1 Å². The van der Waals surface area contributed by atoms with E-state index in [0.717, 1.165) is 44.5 Å². The minimum atomic E-state index is -0.116. The highest BCUT2D eigenvalue weighted by molar-refractivity contribution is 5.86.